The van der Waals surface area contributed by atoms with Gasteiger partial charge in [-0.2, -0.15) is 0 Å². The van der Waals surface area contributed by atoms with E-state index in [9.17, 15) is 9.59 Å². The number of carbonyl (C=O) groups is 2. The topological polar surface area (TPSA) is 148 Å². The van der Waals surface area contributed by atoms with Crippen LogP contribution in [0.25, 0.3) is 0 Å². The zero-order chi connectivity index (χ0) is 43.2. The molecule has 7 unspecified atom stereocenters. The highest BCUT2D eigenvalue weighted by molar-refractivity contribution is 6.67. The van der Waals surface area contributed by atoms with Crippen LogP contribution in [0.2, 0.25) is 0 Å². The lowest BCUT2D eigenvalue weighted by atomic mass is 9.94. The Bertz CT molecular complexity index is 1790. The maximum Gasteiger partial charge on any atom is 0.407 e. The summed E-state index contributed by atoms with van der Waals surface area (Å²) in [5, 5.41) is 2.86. The van der Waals surface area contributed by atoms with Gasteiger partial charge < -0.3 is 57.4 Å². The summed E-state index contributed by atoms with van der Waals surface area (Å²) in [4.78, 5) is 26.6. The summed E-state index contributed by atoms with van der Waals surface area (Å²) < 4.78 is 67.0. The minimum Gasteiger partial charge on any atom is -0.464 e. The number of nitrogens with one attached hydrogen (secondary N) is 1. The monoisotopic (exact) mass is 907 g/mol. The van der Waals surface area contributed by atoms with Gasteiger partial charge in [-0.3, -0.25) is 0 Å². The fourth-order valence-corrected chi connectivity index (χ4v) is 7.29. The van der Waals surface area contributed by atoms with Gasteiger partial charge in [0, 0.05) is 12.0 Å². The van der Waals surface area contributed by atoms with E-state index in [0.29, 0.717) is 0 Å². The molecule has 0 radical (unpaired) electrons. The van der Waals surface area contributed by atoms with Gasteiger partial charge in [0.15, 0.2) is 25.0 Å². The maximum atomic E-state index is 13.6. The molecule has 3 fully saturated rings. The summed E-state index contributed by atoms with van der Waals surface area (Å²) in [6.45, 7) is 7.29. The SMILES string of the molecule is C=CCOC1C[C@H](O[C@H](C)C(=O)OCC)[C@@H](OC2OC3COC(c4ccccc4)OC3C(OCc3ccccc3)C2NC(=O)OCC(Cl)(Cl)Cl)[C@@H](COCc2ccccc2)O1. The predicted molar refractivity (Wildman–Crippen MR) is 224 cm³/mol. The van der Waals surface area contributed by atoms with Crippen LogP contribution in [0.4, 0.5) is 4.79 Å². The molecule has 0 bridgehead atoms. The second-order valence-corrected chi connectivity index (χ2v) is 17.0. The molecule has 0 saturated carbocycles. The Labute approximate surface area is 370 Å². The third-order valence-corrected chi connectivity index (χ3v) is 10.2. The van der Waals surface area contributed by atoms with Gasteiger partial charge in [-0.05, 0) is 25.0 Å². The number of ether oxygens (including phenoxy) is 11. The molecule has 332 valence electrons. The molecule has 3 aromatic rings. The van der Waals surface area contributed by atoms with Crippen molar-refractivity contribution in [2.75, 3.05) is 33.0 Å². The summed E-state index contributed by atoms with van der Waals surface area (Å²) >= 11 is 17.9. The first-order valence-electron chi connectivity index (χ1n) is 20.1. The molecule has 0 aliphatic carbocycles. The molecule has 1 amide bonds. The Morgan fingerprint density at radius 3 is 2.21 bits per heavy atom. The van der Waals surface area contributed by atoms with Crippen molar-refractivity contribution in [2.45, 2.75) is 105 Å². The molecule has 3 heterocycles. The highest BCUT2D eigenvalue weighted by Gasteiger charge is 2.54. The molecule has 3 aliphatic rings. The van der Waals surface area contributed by atoms with Crippen LogP contribution in [0.3, 0.4) is 0 Å². The molecule has 3 aliphatic heterocycles. The number of rotatable bonds is 19. The van der Waals surface area contributed by atoms with Gasteiger partial charge in [0.05, 0.1) is 45.7 Å². The van der Waals surface area contributed by atoms with Crippen molar-refractivity contribution in [3.05, 3.63) is 120 Å². The van der Waals surface area contributed by atoms with Gasteiger partial charge >= 0.3 is 12.1 Å². The van der Waals surface area contributed by atoms with Crippen LogP contribution in [0.15, 0.2) is 104 Å². The van der Waals surface area contributed by atoms with E-state index in [4.69, 9.17) is 86.9 Å². The number of alkyl halides is 3. The molecular formula is C44H52Cl3NO13. The molecule has 6 rings (SSSR count). The van der Waals surface area contributed by atoms with Gasteiger partial charge in [-0.25, -0.2) is 9.59 Å². The molecule has 61 heavy (non-hydrogen) atoms. The number of benzene rings is 3. The van der Waals surface area contributed by atoms with Crippen molar-refractivity contribution in [1.29, 1.82) is 0 Å². The van der Waals surface area contributed by atoms with Crippen LogP contribution in [0, 0.1) is 0 Å². The normalized spacial score (nSPS) is 28.2. The Morgan fingerprint density at radius 2 is 1.56 bits per heavy atom. The summed E-state index contributed by atoms with van der Waals surface area (Å²) in [5.74, 6) is -0.569. The average Bonchev–Trinajstić information content (AvgIpc) is 3.26. The fourth-order valence-electron chi connectivity index (χ4n) is 7.13. The zero-order valence-corrected chi connectivity index (χ0v) is 36.2. The van der Waals surface area contributed by atoms with Crippen molar-refractivity contribution in [1.82, 2.24) is 5.32 Å². The van der Waals surface area contributed by atoms with Crippen molar-refractivity contribution >= 4 is 46.9 Å². The van der Waals surface area contributed by atoms with Gasteiger partial charge in [-0.15, -0.1) is 6.58 Å². The molecule has 11 atom stereocenters. The Balaban J connectivity index is 1.35. The van der Waals surface area contributed by atoms with Crippen LogP contribution >= 0.6 is 34.8 Å². The standard InChI is InChI=1S/C44H52Cl3NO13/c1-4-21-53-35-22-32(57-28(3)40(49)52-5-2)37(33(58-35)25-51-23-29-15-9-6-10-16-29)60-42-36(48-43(50)56-27-44(45,46)47)39(54-24-30-17-11-7-12-18-30)38-34(59-42)26-55-41(61-38)31-19-13-8-14-20-31/h4,6-20,28,32-39,41-42H,1,5,21-27H2,2-3H3,(H,48,50)/t28-,32+,33-,34?,35?,36?,37-,38?,39?,41?,42?/m1/s1. The van der Waals surface area contributed by atoms with E-state index in [1.165, 1.54) is 0 Å². The first kappa shape index (κ1) is 47.1. The van der Waals surface area contributed by atoms with Gasteiger partial charge in [0.1, 0.15) is 43.2 Å². The molecule has 17 heteroatoms. The van der Waals surface area contributed by atoms with E-state index in [1.54, 1.807) is 19.9 Å². The summed E-state index contributed by atoms with van der Waals surface area (Å²) in [6.07, 6.45) is -8.38. The second-order valence-electron chi connectivity index (χ2n) is 14.5. The number of fused-ring (bicyclic) bond motifs is 1. The molecule has 3 aromatic carbocycles. The lowest BCUT2D eigenvalue weighted by molar-refractivity contribution is -0.369. The van der Waals surface area contributed by atoms with Crippen LogP contribution in [0.5, 0.6) is 0 Å². The minimum absolute atomic E-state index is 0.00221. The van der Waals surface area contributed by atoms with Gasteiger partial charge in [0.2, 0.25) is 3.79 Å². The van der Waals surface area contributed by atoms with Gasteiger partial charge in [0.25, 0.3) is 0 Å². The molecule has 0 aromatic heterocycles. The van der Waals surface area contributed by atoms with Crippen LogP contribution in [-0.4, -0.2) is 110 Å². The van der Waals surface area contributed by atoms with Crippen LogP contribution < -0.4 is 5.32 Å². The Kier molecular flexibility index (Phi) is 18.1. The first-order valence-corrected chi connectivity index (χ1v) is 21.2. The van der Waals surface area contributed by atoms with E-state index in [0.717, 1.165) is 16.7 Å². The largest absolute Gasteiger partial charge is 0.464 e. The van der Waals surface area contributed by atoms with E-state index in [2.05, 4.69) is 11.9 Å². The molecule has 0 spiro atoms. The van der Waals surface area contributed by atoms with Crippen molar-refractivity contribution < 1.29 is 61.7 Å². The first-order chi connectivity index (χ1) is 29.5. The third-order valence-electron chi connectivity index (χ3n) is 9.91. The van der Waals surface area contributed by atoms with Crippen molar-refractivity contribution in [2.24, 2.45) is 0 Å². The van der Waals surface area contributed by atoms with Crippen LogP contribution in [0.1, 0.15) is 43.2 Å². The van der Waals surface area contributed by atoms with Crippen molar-refractivity contribution in [3.8, 4) is 0 Å². The molecule has 1 N–H and O–H groups in total. The Hall–Kier alpha value is -3.35. The third kappa shape index (κ3) is 14.1. The lowest BCUT2D eigenvalue weighted by Crippen LogP contribution is -2.69. The number of hydrogen-bond acceptors (Lipinski definition) is 13. The summed E-state index contributed by atoms with van der Waals surface area (Å²) in [7, 11) is 0. The number of esters is 1. The lowest BCUT2D eigenvalue weighted by Gasteiger charge is -2.51. The van der Waals surface area contributed by atoms with E-state index in [-0.39, 0.29) is 46.1 Å². The molecule has 14 nitrogen and oxygen atoms in total. The quantitative estimate of drug-likeness (QED) is 0.0740. The number of alkyl carbamates (subject to hydrolysis) is 1. The van der Waals surface area contributed by atoms with Gasteiger partial charge in [-0.1, -0.05) is 132 Å². The number of hydrogen-bond donors (Lipinski definition) is 1. The average molecular weight is 909 g/mol. The van der Waals surface area contributed by atoms with Crippen molar-refractivity contribution in [3.63, 3.8) is 0 Å². The zero-order valence-electron chi connectivity index (χ0n) is 33.9. The van der Waals surface area contributed by atoms with E-state index in [1.807, 2.05) is 91.0 Å². The number of amides is 1. The molecular weight excluding hydrogens is 857 g/mol. The summed E-state index contributed by atoms with van der Waals surface area (Å²) in [5.41, 5.74) is 2.56. The summed E-state index contributed by atoms with van der Waals surface area (Å²) in [6, 6.07) is 27.4. The number of carbonyl (C=O) groups excluding carboxylic acids is 2. The highest BCUT2D eigenvalue weighted by atomic mass is 35.6. The fraction of sp³-hybridized carbons (Fsp3) is 0.500. The minimum atomic E-state index is -1.89. The highest BCUT2D eigenvalue weighted by Crippen LogP contribution is 2.38. The molecule has 3 saturated heterocycles. The second kappa shape index (κ2) is 23.4. The predicted octanol–water partition coefficient (Wildman–Crippen LogP) is 7.13. The number of halogens is 3. The van der Waals surface area contributed by atoms with E-state index >= 15 is 0 Å². The smallest absolute Gasteiger partial charge is 0.407 e. The maximum absolute atomic E-state index is 13.6. The van der Waals surface area contributed by atoms with E-state index < -0.39 is 90.1 Å². The Morgan fingerprint density at radius 1 is 0.885 bits per heavy atom. The van der Waals surface area contributed by atoms with Crippen LogP contribution in [-0.2, 0) is 70.1 Å².